The van der Waals surface area contributed by atoms with E-state index in [0.29, 0.717) is 31.6 Å². The van der Waals surface area contributed by atoms with Gasteiger partial charge >= 0.3 is 0 Å². The largest absolute Gasteiger partial charge is 0.393 e. The molecule has 98 valence electrons. The van der Waals surface area contributed by atoms with E-state index >= 15 is 0 Å². The molecule has 1 aromatic carbocycles. The van der Waals surface area contributed by atoms with Crippen LogP contribution in [0.2, 0.25) is 0 Å². The van der Waals surface area contributed by atoms with Gasteiger partial charge < -0.3 is 9.84 Å². The molecule has 0 heterocycles. The fraction of sp³-hybridized carbons (Fsp3) is 0.400. The number of carbonyl (C=O) groups excluding carboxylic acids is 1. The zero-order chi connectivity index (χ0) is 13.2. The minimum Gasteiger partial charge on any atom is -0.393 e. The lowest BCUT2D eigenvalue weighted by atomic mass is 10.1. The number of aliphatic hydroxyl groups excluding tert-OH is 1. The van der Waals surface area contributed by atoms with Crippen molar-refractivity contribution in [1.82, 2.24) is 0 Å². The highest BCUT2D eigenvalue weighted by molar-refractivity contribution is 5.71. The number of allylic oxidation sites excluding steroid dienone is 1. The van der Waals surface area contributed by atoms with E-state index in [1.54, 1.807) is 13.0 Å². The Morgan fingerprint density at radius 1 is 1.39 bits per heavy atom. The quantitative estimate of drug-likeness (QED) is 0.437. The summed E-state index contributed by atoms with van der Waals surface area (Å²) in [5.74, 6) is 0. The van der Waals surface area contributed by atoms with Gasteiger partial charge in [-0.1, -0.05) is 36.4 Å². The van der Waals surface area contributed by atoms with Crippen molar-refractivity contribution in [3.05, 3.63) is 47.5 Å². The molecule has 1 atom stereocenters. The molecule has 0 amide bonds. The molecule has 0 bridgehead atoms. The van der Waals surface area contributed by atoms with Crippen LogP contribution < -0.4 is 0 Å². The highest BCUT2D eigenvalue weighted by Crippen LogP contribution is 2.04. The molecule has 0 radical (unpaired) electrons. The second-order valence-corrected chi connectivity index (χ2v) is 4.28. The van der Waals surface area contributed by atoms with Crippen molar-refractivity contribution in [2.45, 2.75) is 32.5 Å². The number of aliphatic hydroxyl groups is 1. The summed E-state index contributed by atoms with van der Waals surface area (Å²) in [5, 5.41) is 9.65. The highest BCUT2D eigenvalue weighted by atomic mass is 16.5. The van der Waals surface area contributed by atoms with Crippen molar-refractivity contribution in [3.63, 3.8) is 0 Å². The molecule has 3 nitrogen and oxygen atoms in total. The van der Waals surface area contributed by atoms with E-state index in [1.807, 2.05) is 30.3 Å². The van der Waals surface area contributed by atoms with E-state index in [2.05, 4.69) is 0 Å². The molecule has 0 aliphatic heterocycles. The van der Waals surface area contributed by atoms with Crippen LogP contribution in [0.4, 0.5) is 0 Å². The van der Waals surface area contributed by atoms with E-state index in [0.717, 1.165) is 11.8 Å². The molecule has 0 aliphatic carbocycles. The van der Waals surface area contributed by atoms with E-state index in [9.17, 15) is 9.90 Å². The van der Waals surface area contributed by atoms with Crippen molar-refractivity contribution < 1.29 is 14.6 Å². The predicted octanol–water partition coefficient (Wildman–Crippen LogP) is 2.49. The normalized spacial score (nSPS) is 13.3. The first-order valence-electron chi connectivity index (χ1n) is 6.14. The summed E-state index contributed by atoms with van der Waals surface area (Å²) >= 11 is 0. The molecule has 1 aromatic rings. The summed E-state index contributed by atoms with van der Waals surface area (Å²) in [5.41, 5.74) is 1.78. The van der Waals surface area contributed by atoms with Crippen LogP contribution in [-0.4, -0.2) is 24.1 Å². The SMILES string of the molecule is C/C(C=O)=C\C[C@@H](O)CCOCc1ccccc1. The molecule has 0 unspecified atom stereocenters. The number of carbonyl (C=O) groups is 1. The van der Waals surface area contributed by atoms with Gasteiger partial charge in [0, 0.05) is 6.61 Å². The summed E-state index contributed by atoms with van der Waals surface area (Å²) in [7, 11) is 0. The third kappa shape index (κ3) is 6.33. The Morgan fingerprint density at radius 3 is 2.78 bits per heavy atom. The smallest absolute Gasteiger partial charge is 0.145 e. The van der Waals surface area contributed by atoms with Crippen LogP contribution in [0, 0.1) is 0 Å². The van der Waals surface area contributed by atoms with Crippen LogP contribution in [0.1, 0.15) is 25.3 Å². The summed E-state index contributed by atoms with van der Waals surface area (Å²) < 4.78 is 5.47. The van der Waals surface area contributed by atoms with Crippen LogP contribution in [0.25, 0.3) is 0 Å². The fourth-order valence-corrected chi connectivity index (χ4v) is 1.47. The lowest BCUT2D eigenvalue weighted by molar-refractivity contribution is -0.104. The summed E-state index contributed by atoms with van der Waals surface area (Å²) in [4.78, 5) is 10.4. The van der Waals surface area contributed by atoms with Crippen molar-refractivity contribution in [1.29, 1.82) is 0 Å². The van der Waals surface area contributed by atoms with Crippen molar-refractivity contribution in [2.75, 3.05) is 6.61 Å². The van der Waals surface area contributed by atoms with E-state index in [-0.39, 0.29) is 0 Å². The number of hydrogen-bond donors (Lipinski definition) is 1. The molecular formula is C15H20O3. The Kier molecular flexibility index (Phi) is 6.99. The fourth-order valence-electron chi connectivity index (χ4n) is 1.47. The predicted molar refractivity (Wildman–Crippen MR) is 71.2 cm³/mol. The Balaban J connectivity index is 2.12. The standard InChI is InChI=1S/C15H20O3/c1-13(11-16)7-8-15(17)9-10-18-12-14-5-3-2-4-6-14/h2-7,11,15,17H,8-10,12H2,1H3/b13-7+/t15-/m1/s1. The Morgan fingerprint density at radius 2 is 2.11 bits per heavy atom. The first-order valence-corrected chi connectivity index (χ1v) is 6.14. The van der Waals surface area contributed by atoms with Gasteiger partial charge in [-0.2, -0.15) is 0 Å². The molecule has 0 aliphatic rings. The third-order valence-corrected chi connectivity index (χ3v) is 2.60. The monoisotopic (exact) mass is 248 g/mol. The van der Waals surface area contributed by atoms with Crippen molar-refractivity contribution >= 4 is 6.29 Å². The van der Waals surface area contributed by atoms with Gasteiger partial charge in [-0.15, -0.1) is 0 Å². The molecule has 0 spiro atoms. The minimum absolute atomic E-state index is 0.448. The first kappa shape index (κ1) is 14.6. The maximum absolute atomic E-state index is 10.4. The van der Waals surface area contributed by atoms with Crippen LogP contribution in [-0.2, 0) is 16.1 Å². The van der Waals surface area contributed by atoms with Gasteiger partial charge in [-0.25, -0.2) is 0 Å². The lowest BCUT2D eigenvalue weighted by Gasteiger charge is -2.09. The van der Waals surface area contributed by atoms with Crippen LogP contribution in [0.3, 0.4) is 0 Å². The number of rotatable bonds is 8. The van der Waals surface area contributed by atoms with E-state index < -0.39 is 6.10 Å². The zero-order valence-electron chi connectivity index (χ0n) is 10.7. The summed E-state index contributed by atoms with van der Waals surface area (Å²) in [6, 6.07) is 9.93. The highest BCUT2D eigenvalue weighted by Gasteiger charge is 2.02. The minimum atomic E-state index is -0.448. The Labute approximate surface area is 108 Å². The maximum Gasteiger partial charge on any atom is 0.145 e. The number of hydrogen-bond acceptors (Lipinski definition) is 3. The average molecular weight is 248 g/mol. The van der Waals surface area contributed by atoms with Crippen molar-refractivity contribution in [2.24, 2.45) is 0 Å². The molecule has 1 rings (SSSR count). The third-order valence-electron chi connectivity index (χ3n) is 2.60. The number of ether oxygens (including phenoxy) is 1. The first-order chi connectivity index (χ1) is 8.72. The van der Waals surface area contributed by atoms with Gasteiger partial charge in [-0.05, 0) is 30.9 Å². The zero-order valence-corrected chi connectivity index (χ0v) is 10.7. The topological polar surface area (TPSA) is 46.5 Å². The number of benzene rings is 1. The van der Waals surface area contributed by atoms with E-state index in [4.69, 9.17) is 4.74 Å². The Hall–Kier alpha value is -1.45. The Bertz CT molecular complexity index is 371. The molecule has 3 heteroatoms. The molecule has 18 heavy (non-hydrogen) atoms. The summed E-state index contributed by atoms with van der Waals surface area (Å²) in [6.45, 7) is 2.81. The molecule has 0 aromatic heterocycles. The number of aldehydes is 1. The van der Waals surface area contributed by atoms with Gasteiger partial charge in [0.15, 0.2) is 0 Å². The second kappa shape index (κ2) is 8.61. The molecule has 0 fully saturated rings. The van der Waals surface area contributed by atoms with Crippen LogP contribution >= 0.6 is 0 Å². The van der Waals surface area contributed by atoms with Gasteiger partial charge in [0.2, 0.25) is 0 Å². The van der Waals surface area contributed by atoms with E-state index in [1.165, 1.54) is 0 Å². The molecule has 0 saturated heterocycles. The molecular weight excluding hydrogens is 228 g/mol. The average Bonchev–Trinajstić information content (AvgIpc) is 2.42. The summed E-state index contributed by atoms with van der Waals surface area (Å²) in [6.07, 6.45) is 3.16. The lowest BCUT2D eigenvalue weighted by Crippen LogP contribution is -2.09. The second-order valence-electron chi connectivity index (χ2n) is 4.28. The molecule has 1 N–H and O–H groups in total. The van der Waals surface area contributed by atoms with Crippen LogP contribution in [0.15, 0.2) is 42.0 Å². The van der Waals surface area contributed by atoms with Crippen LogP contribution in [0.5, 0.6) is 0 Å². The van der Waals surface area contributed by atoms with Gasteiger partial charge in [0.1, 0.15) is 6.29 Å². The maximum atomic E-state index is 10.4. The van der Waals surface area contributed by atoms with Gasteiger partial charge in [0.25, 0.3) is 0 Å². The van der Waals surface area contributed by atoms with Gasteiger partial charge in [-0.3, -0.25) is 4.79 Å². The van der Waals surface area contributed by atoms with Crippen molar-refractivity contribution in [3.8, 4) is 0 Å². The molecule has 0 saturated carbocycles. The van der Waals surface area contributed by atoms with Gasteiger partial charge in [0.05, 0.1) is 12.7 Å².